The summed E-state index contributed by atoms with van der Waals surface area (Å²) >= 11 is 0. The van der Waals surface area contributed by atoms with Gasteiger partial charge in [-0.2, -0.15) is 0 Å². The minimum atomic E-state index is -0.391. The smallest absolute Gasteiger partial charge is 0.331 e. The van der Waals surface area contributed by atoms with Crippen LogP contribution in [0.15, 0.2) is 36.4 Å². The van der Waals surface area contributed by atoms with E-state index in [2.05, 4.69) is 0 Å². The molecule has 0 fully saturated rings. The number of rotatable bonds is 4. The molecule has 0 bridgehead atoms. The topological polar surface area (TPSA) is 26.3 Å². The maximum atomic E-state index is 11.5. The largest absolute Gasteiger partial charge is 0.457 e. The van der Waals surface area contributed by atoms with Gasteiger partial charge in [0, 0.05) is 6.08 Å². The van der Waals surface area contributed by atoms with Crippen LogP contribution >= 0.6 is 0 Å². The maximum Gasteiger partial charge on any atom is 0.331 e. The molecule has 0 amide bonds. The van der Waals surface area contributed by atoms with Crippen LogP contribution in [0.4, 0.5) is 0 Å². The molecule has 0 spiro atoms. The first-order valence-corrected chi connectivity index (χ1v) is 5.49. The summed E-state index contributed by atoms with van der Waals surface area (Å²) in [6, 6.07) is 9.68. The summed E-state index contributed by atoms with van der Waals surface area (Å²) in [4.78, 5) is 11.5. The standard InChI is InChI=1S/C14H18O2/c1-4-14(2,3)16-13(15)11-10-12-8-6-5-7-9-12/h5-11H,4H2,1-3H3/b11-10+. The Morgan fingerprint density at radius 2 is 1.94 bits per heavy atom. The minimum Gasteiger partial charge on any atom is -0.457 e. The Kier molecular flexibility index (Phi) is 4.29. The van der Waals surface area contributed by atoms with Crippen LogP contribution in [-0.2, 0) is 9.53 Å². The lowest BCUT2D eigenvalue weighted by Crippen LogP contribution is -2.25. The molecule has 2 heteroatoms. The number of hydrogen-bond acceptors (Lipinski definition) is 2. The predicted molar refractivity (Wildman–Crippen MR) is 65.9 cm³/mol. The van der Waals surface area contributed by atoms with Gasteiger partial charge in [0.25, 0.3) is 0 Å². The van der Waals surface area contributed by atoms with E-state index >= 15 is 0 Å². The highest BCUT2D eigenvalue weighted by Crippen LogP contribution is 2.14. The number of carbonyl (C=O) groups is 1. The van der Waals surface area contributed by atoms with Crippen LogP contribution in [0.2, 0.25) is 0 Å². The first kappa shape index (κ1) is 12.5. The molecule has 2 nitrogen and oxygen atoms in total. The van der Waals surface area contributed by atoms with E-state index in [9.17, 15) is 4.79 Å². The van der Waals surface area contributed by atoms with E-state index in [1.807, 2.05) is 51.1 Å². The van der Waals surface area contributed by atoms with Crippen molar-refractivity contribution in [2.75, 3.05) is 0 Å². The zero-order valence-corrected chi connectivity index (χ0v) is 10.1. The van der Waals surface area contributed by atoms with Crippen molar-refractivity contribution in [3.05, 3.63) is 42.0 Å². The van der Waals surface area contributed by atoms with Gasteiger partial charge < -0.3 is 4.74 Å². The van der Waals surface area contributed by atoms with E-state index < -0.39 is 5.60 Å². The van der Waals surface area contributed by atoms with Crippen molar-refractivity contribution in [2.24, 2.45) is 0 Å². The van der Waals surface area contributed by atoms with Crippen molar-refractivity contribution in [3.8, 4) is 0 Å². The van der Waals surface area contributed by atoms with Crippen LogP contribution < -0.4 is 0 Å². The van der Waals surface area contributed by atoms with Gasteiger partial charge in [-0.25, -0.2) is 4.79 Å². The second kappa shape index (κ2) is 5.50. The minimum absolute atomic E-state index is 0.296. The van der Waals surface area contributed by atoms with Crippen LogP contribution in [-0.4, -0.2) is 11.6 Å². The van der Waals surface area contributed by atoms with Gasteiger partial charge in [0.1, 0.15) is 5.60 Å². The lowest BCUT2D eigenvalue weighted by atomic mass is 10.1. The Labute approximate surface area is 96.9 Å². The van der Waals surface area contributed by atoms with E-state index in [1.54, 1.807) is 6.08 Å². The number of benzene rings is 1. The quantitative estimate of drug-likeness (QED) is 0.571. The molecule has 1 aromatic carbocycles. The van der Waals surface area contributed by atoms with Crippen LogP contribution in [0.1, 0.15) is 32.8 Å². The third-order valence-electron chi connectivity index (χ3n) is 2.44. The van der Waals surface area contributed by atoms with Crippen molar-refractivity contribution < 1.29 is 9.53 Å². The third-order valence-corrected chi connectivity index (χ3v) is 2.44. The SMILES string of the molecule is CCC(C)(C)OC(=O)/C=C/c1ccccc1. The molecule has 0 heterocycles. The molecule has 1 aromatic rings. The van der Waals surface area contributed by atoms with Gasteiger partial charge in [0.05, 0.1) is 0 Å². The van der Waals surface area contributed by atoms with Crippen LogP contribution in [0.25, 0.3) is 6.08 Å². The van der Waals surface area contributed by atoms with E-state index in [4.69, 9.17) is 4.74 Å². The van der Waals surface area contributed by atoms with E-state index in [1.165, 1.54) is 6.08 Å². The molecular weight excluding hydrogens is 200 g/mol. The van der Waals surface area contributed by atoms with Gasteiger partial charge in [0.2, 0.25) is 0 Å². The highest BCUT2D eigenvalue weighted by molar-refractivity contribution is 5.87. The van der Waals surface area contributed by atoms with Gasteiger partial charge in [-0.15, -0.1) is 0 Å². The van der Waals surface area contributed by atoms with Crippen LogP contribution in [0.5, 0.6) is 0 Å². The van der Waals surface area contributed by atoms with E-state index in [0.29, 0.717) is 0 Å². The highest BCUT2D eigenvalue weighted by atomic mass is 16.6. The molecule has 0 aliphatic rings. The average Bonchev–Trinajstić information content (AvgIpc) is 2.27. The fourth-order valence-electron chi connectivity index (χ4n) is 1.11. The van der Waals surface area contributed by atoms with E-state index in [-0.39, 0.29) is 5.97 Å². The molecular formula is C14H18O2. The fraction of sp³-hybridized carbons (Fsp3) is 0.357. The Hall–Kier alpha value is -1.57. The molecule has 0 atom stereocenters. The number of ether oxygens (including phenoxy) is 1. The van der Waals surface area contributed by atoms with Crippen LogP contribution in [0.3, 0.4) is 0 Å². The summed E-state index contributed by atoms with van der Waals surface area (Å²) in [5, 5.41) is 0. The molecule has 0 radical (unpaired) electrons. The Balaban J connectivity index is 2.56. The van der Waals surface area contributed by atoms with Gasteiger partial charge in [0.15, 0.2) is 0 Å². The van der Waals surface area contributed by atoms with Gasteiger partial charge in [-0.3, -0.25) is 0 Å². The maximum absolute atomic E-state index is 11.5. The van der Waals surface area contributed by atoms with Crippen LogP contribution in [0, 0.1) is 0 Å². The van der Waals surface area contributed by atoms with Crippen molar-refractivity contribution in [1.29, 1.82) is 0 Å². The first-order valence-electron chi connectivity index (χ1n) is 5.49. The molecule has 0 aliphatic carbocycles. The second-order valence-electron chi connectivity index (χ2n) is 4.28. The highest BCUT2D eigenvalue weighted by Gasteiger charge is 2.18. The molecule has 0 unspecified atom stereocenters. The first-order chi connectivity index (χ1) is 7.53. The molecule has 0 aromatic heterocycles. The fourth-order valence-corrected chi connectivity index (χ4v) is 1.11. The number of carbonyl (C=O) groups excluding carboxylic acids is 1. The summed E-state index contributed by atoms with van der Waals surface area (Å²) in [5.41, 5.74) is 0.603. The zero-order chi connectivity index (χ0) is 12.0. The molecule has 0 aliphatic heterocycles. The summed E-state index contributed by atoms with van der Waals surface area (Å²) in [7, 11) is 0. The third kappa shape index (κ3) is 4.30. The summed E-state index contributed by atoms with van der Waals surface area (Å²) in [5.74, 6) is -0.296. The van der Waals surface area contributed by atoms with Crippen molar-refractivity contribution in [3.63, 3.8) is 0 Å². The molecule has 0 saturated heterocycles. The summed E-state index contributed by atoms with van der Waals surface area (Å²) < 4.78 is 5.28. The Bertz CT molecular complexity index is 364. The number of hydrogen-bond donors (Lipinski definition) is 0. The van der Waals surface area contributed by atoms with Gasteiger partial charge >= 0.3 is 5.97 Å². The molecule has 1 rings (SSSR count). The Morgan fingerprint density at radius 1 is 1.31 bits per heavy atom. The predicted octanol–water partition coefficient (Wildman–Crippen LogP) is 3.43. The Morgan fingerprint density at radius 3 is 2.50 bits per heavy atom. The normalized spacial score (nSPS) is 11.7. The lowest BCUT2D eigenvalue weighted by Gasteiger charge is -2.22. The van der Waals surface area contributed by atoms with Crippen molar-refractivity contribution in [1.82, 2.24) is 0 Å². The molecule has 0 saturated carbocycles. The van der Waals surface area contributed by atoms with Crippen molar-refractivity contribution >= 4 is 12.0 Å². The lowest BCUT2D eigenvalue weighted by molar-refractivity contribution is -0.150. The number of esters is 1. The van der Waals surface area contributed by atoms with Crippen molar-refractivity contribution in [2.45, 2.75) is 32.8 Å². The summed E-state index contributed by atoms with van der Waals surface area (Å²) in [6.45, 7) is 5.80. The monoisotopic (exact) mass is 218 g/mol. The molecule has 16 heavy (non-hydrogen) atoms. The average molecular weight is 218 g/mol. The van der Waals surface area contributed by atoms with Gasteiger partial charge in [-0.1, -0.05) is 37.3 Å². The zero-order valence-electron chi connectivity index (χ0n) is 10.1. The van der Waals surface area contributed by atoms with E-state index in [0.717, 1.165) is 12.0 Å². The summed E-state index contributed by atoms with van der Waals surface area (Å²) in [6.07, 6.45) is 4.03. The van der Waals surface area contributed by atoms with Gasteiger partial charge in [-0.05, 0) is 31.9 Å². The molecule has 0 N–H and O–H groups in total. The molecule has 86 valence electrons. The second-order valence-corrected chi connectivity index (χ2v) is 4.28.